The summed E-state index contributed by atoms with van der Waals surface area (Å²) in [5, 5.41) is 0. The lowest BCUT2D eigenvalue weighted by Gasteiger charge is -2.22. The molecule has 1 aromatic carbocycles. The van der Waals surface area contributed by atoms with Crippen LogP contribution in [0.2, 0.25) is 0 Å². The van der Waals surface area contributed by atoms with E-state index in [2.05, 4.69) is 31.2 Å². The lowest BCUT2D eigenvalue weighted by molar-refractivity contribution is -0.133. The molecule has 1 aromatic rings. The van der Waals surface area contributed by atoms with Crippen LogP contribution in [0, 0.1) is 12.8 Å². The first-order valence-electron chi connectivity index (χ1n) is 6.59. The average Bonchev–Trinajstić information content (AvgIpc) is 2.37. The van der Waals surface area contributed by atoms with E-state index in [-0.39, 0.29) is 11.8 Å². The summed E-state index contributed by atoms with van der Waals surface area (Å²) >= 11 is 0. The molecule has 3 nitrogen and oxygen atoms in total. The Kier molecular flexibility index (Phi) is 5.86. The Bertz CT molecular complexity index is 386. The van der Waals surface area contributed by atoms with E-state index < -0.39 is 0 Å². The minimum Gasteiger partial charge on any atom is -0.345 e. The summed E-state index contributed by atoms with van der Waals surface area (Å²) in [5.74, 6) is 0.125. The van der Waals surface area contributed by atoms with Crippen molar-refractivity contribution in [1.29, 1.82) is 0 Å². The van der Waals surface area contributed by atoms with Crippen LogP contribution in [-0.2, 0) is 11.2 Å². The van der Waals surface area contributed by atoms with Crippen LogP contribution in [0.15, 0.2) is 24.3 Å². The lowest BCUT2D eigenvalue weighted by atomic mass is 10.0. The summed E-state index contributed by atoms with van der Waals surface area (Å²) in [5.41, 5.74) is 8.13. The highest BCUT2D eigenvalue weighted by molar-refractivity contribution is 5.78. The van der Waals surface area contributed by atoms with Crippen LogP contribution in [-0.4, -0.2) is 30.9 Å². The van der Waals surface area contributed by atoms with E-state index in [1.54, 1.807) is 4.90 Å². The number of benzene rings is 1. The fourth-order valence-corrected chi connectivity index (χ4v) is 2.03. The van der Waals surface area contributed by atoms with Crippen LogP contribution in [0.1, 0.15) is 24.5 Å². The van der Waals surface area contributed by atoms with Crippen molar-refractivity contribution in [3.8, 4) is 0 Å². The molecule has 0 aliphatic rings. The topological polar surface area (TPSA) is 46.3 Å². The Morgan fingerprint density at radius 2 is 2.17 bits per heavy atom. The van der Waals surface area contributed by atoms with Crippen LogP contribution in [0.5, 0.6) is 0 Å². The fourth-order valence-electron chi connectivity index (χ4n) is 2.03. The number of carbonyl (C=O) groups excluding carboxylic acids is 1. The van der Waals surface area contributed by atoms with Crippen LogP contribution in [0.3, 0.4) is 0 Å². The molecule has 2 N–H and O–H groups in total. The number of rotatable bonds is 6. The Morgan fingerprint density at radius 3 is 2.72 bits per heavy atom. The second kappa shape index (κ2) is 7.17. The molecule has 0 bridgehead atoms. The number of nitrogens with two attached hydrogens (primary N) is 1. The van der Waals surface area contributed by atoms with Crippen molar-refractivity contribution in [2.24, 2.45) is 11.7 Å². The van der Waals surface area contributed by atoms with E-state index in [4.69, 9.17) is 5.73 Å². The number of hydrogen-bond donors (Lipinski definition) is 1. The average molecular weight is 248 g/mol. The largest absolute Gasteiger partial charge is 0.345 e. The second-order valence-corrected chi connectivity index (χ2v) is 4.84. The summed E-state index contributed by atoms with van der Waals surface area (Å²) < 4.78 is 0. The van der Waals surface area contributed by atoms with Gasteiger partial charge in [-0.05, 0) is 25.3 Å². The van der Waals surface area contributed by atoms with Crippen LogP contribution in [0.25, 0.3) is 0 Å². The molecule has 0 saturated heterocycles. The van der Waals surface area contributed by atoms with Crippen molar-refractivity contribution in [2.75, 3.05) is 20.1 Å². The van der Waals surface area contributed by atoms with Crippen molar-refractivity contribution in [2.45, 2.75) is 26.7 Å². The molecule has 0 heterocycles. The van der Waals surface area contributed by atoms with Gasteiger partial charge in [0.15, 0.2) is 0 Å². The summed E-state index contributed by atoms with van der Waals surface area (Å²) in [7, 11) is 1.86. The van der Waals surface area contributed by atoms with E-state index in [1.165, 1.54) is 11.1 Å². The third-order valence-corrected chi connectivity index (χ3v) is 3.32. The number of hydrogen-bond acceptors (Lipinski definition) is 2. The first kappa shape index (κ1) is 14.7. The number of carbonyl (C=O) groups is 1. The van der Waals surface area contributed by atoms with Crippen molar-refractivity contribution in [1.82, 2.24) is 4.90 Å². The molecule has 0 saturated carbocycles. The smallest absolute Gasteiger partial charge is 0.226 e. The van der Waals surface area contributed by atoms with Gasteiger partial charge in [0.1, 0.15) is 0 Å². The molecular weight excluding hydrogens is 224 g/mol. The highest BCUT2D eigenvalue weighted by Gasteiger charge is 2.18. The molecule has 1 unspecified atom stereocenters. The van der Waals surface area contributed by atoms with Crippen molar-refractivity contribution < 1.29 is 4.79 Å². The zero-order valence-corrected chi connectivity index (χ0v) is 11.6. The van der Waals surface area contributed by atoms with Gasteiger partial charge in [0.05, 0.1) is 5.92 Å². The minimum absolute atomic E-state index is 0.0347. The Labute approximate surface area is 110 Å². The molecule has 0 aromatic heterocycles. The van der Waals surface area contributed by atoms with E-state index >= 15 is 0 Å². The predicted molar refractivity (Wildman–Crippen MR) is 75.4 cm³/mol. The van der Waals surface area contributed by atoms with Gasteiger partial charge < -0.3 is 10.6 Å². The maximum atomic E-state index is 12.0. The standard InChI is InChI=1S/C15H24N2O/c1-4-14(11-16)15(18)17(3)9-8-13-7-5-6-12(2)10-13/h5-7,10,14H,4,8-9,11,16H2,1-3H3. The molecule has 100 valence electrons. The zero-order chi connectivity index (χ0) is 13.5. The highest BCUT2D eigenvalue weighted by atomic mass is 16.2. The van der Waals surface area contributed by atoms with Crippen LogP contribution >= 0.6 is 0 Å². The van der Waals surface area contributed by atoms with Crippen LogP contribution < -0.4 is 5.73 Å². The third-order valence-electron chi connectivity index (χ3n) is 3.32. The molecule has 0 fully saturated rings. The number of nitrogens with zero attached hydrogens (tertiary/aromatic N) is 1. The maximum Gasteiger partial charge on any atom is 0.226 e. The van der Waals surface area contributed by atoms with Gasteiger partial charge >= 0.3 is 0 Å². The summed E-state index contributed by atoms with van der Waals surface area (Å²) in [6, 6.07) is 8.41. The number of likely N-dealkylation sites (N-methyl/N-ethyl adjacent to an activating group) is 1. The SMILES string of the molecule is CCC(CN)C(=O)N(C)CCc1cccc(C)c1. The molecule has 1 rings (SSSR count). The van der Waals surface area contributed by atoms with Gasteiger partial charge in [0.25, 0.3) is 0 Å². The van der Waals surface area contributed by atoms with Crippen molar-refractivity contribution in [3.63, 3.8) is 0 Å². The molecule has 1 amide bonds. The van der Waals surface area contributed by atoms with E-state index in [9.17, 15) is 4.79 Å². The van der Waals surface area contributed by atoms with E-state index in [0.717, 1.165) is 19.4 Å². The monoisotopic (exact) mass is 248 g/mol. The summed E-state index contributed by atoms with van der Waals surface area (Å²) in [6.45, 7) is 5.27. The van der Waals surface area contributed by atoms with Crippen molar-refractivity contribution >= 4 is 5.91 Å². The van der Waals surface area contributed by atoms with E-state index in [1.807, 2.05) is 14.0 Å². The van der Waals surface area contributed by atoms with Crippen LogP contribution in [0.4, 0.5) is 0 Å². The van der Waals surface area contributed by atoms with Crippen molar-refractivity contribution in [3.05, 3.63) is 35.4 Å². The van der Waals surface area contributed by atoms with Gasteiger partial charge in [-0.25, -0.2) is 0 Å². The molecular formula is C15H24N2O. The Balaban J connectivity index is 2.50. The lowest BCUT2D eigenvalue weighted by Crippen LogP contribution is -2.37. The van der Waals surface area contributed by atoms with Gasteiger partial charge in [-0.15, -0.1) is 0 Å². The molecule has 0 aliphatic heterocycles. The van der Waals surface area contributed by atoms with Gasteiger partial charge in [0.2, 0.25) is 5.91 Å². The quantitative estimate of drug-likeness (QED) is 0.836. The molecule has 18 heavy (non-hydrogen) atoms. The fraction of sp³-hybridized carbons (Fsp3) is 0.533. The molecule has 0 spiro atoms. The zero-order valence-electron chi connectivity index (χ0n) is 11.6. The maximum absolute atomic E-state index is 12.0. The second-order valence-electron chi connectivity index (χ2n) is 4.84. The van der Waals surface area contributed by atoms with Gasteiger partial charge in [-0.2, -0.15) is 0 Å². The first-order chi connectivity index (χ1) is 8.58. The molecule has 1 atom stereocenters. The third kappa shape index (κ3) is 4.15. The van der Waals surface area contributed by atoms with Gasteiger partial charge in [-0.1, -0.05) is 36.8 Å². The highest BCUT2D eigenvalue weighted by Crippen LogP contribution is 2.08. The molecule has 0 aliphatic carbocycles. The number of amides is 1. The summed E-state index contributed by atoms with van der Waals surface area (Å²) in [4.78, 5) is 13.8. The van der Waals surface area contributed by atoms with E-state index in [0.29, 0.717) is 6.54 Å². The van der Waals surface area contributed by atoms with Gasteiger partial charge in [0, 0.05) is 20.1 Å². The normalized spacial score (nSPS) is 12.2. The van der Waals surface area contributed by atoms with Gasteiger partial charge in [-0.3, -0.25) is 4.79 Å². The first-order valence-corrected chi connectivity index (χ1v) is 6.59. The number of aryl methyl sites for hydroxylation is 1. The Morgan fingerprint density at radius 1 is 1.44 bits per heavy atom. The predicted octanol–water partition coefficient (Wildman–Crippen LogP) is 1.98. The molecule has 0 radical (unpaired) electrons. The minimum atomic E-state index is -0.0347. The summed E-state index contributed by atoms with van der Waals surface area (Å²) in [6.07, 6.45) is 1.70. The molecule has 3 heteroatoms. The Hall–Kier alpha value is -1.35.